The molecule has 0 saturated heterocycles. The van der Waals surface area contributed by atoms with E-state index in [1.54, 1.807) is 0 Å². The van der Waals surface area contributed by atoms with E-state index in [9.17, 15) is 0 Å². The van der Waals surface area contributed by atoms with E-state index in [0.29, 0.717) is 0 Å². The first kappa shape index (κ1) is 12.7. The van der Waals surface area contributed by atoms with Crippen LogP contribution in [0.25, 0.3) is 32.3 Å². The lowest BCUT2D eigenvalue weighted by Gasteiger charge is -2.07. The molecule has 0 aliphatic heterocycles. The summed E-state index contributed by atoms with van der Waals surface area (Å²) >= 11 is 0. The zero-order chi connectivity index (χ0) is 13.9. The predicted octanol–water partition coefficient (Wildman–Crippen LogP) is 6.17. The molecule has 98 valence electrons. The molecular formula is C20H18. The highest BCUT2D eigenvalue weighted by Crippen LogP contribution is 2.30. The Hall–Kier alpha value is -2.34. The van der Waals surface area contributed by atoms with Crippen molar-refractivity contribution in [2.75, 3.05) is 0 Å². The Labute approximate surface area is 119 Å². The molecule has 0 bridgehead atoms. The standard InChI is InChI=1S/C18H12.C2H6/c1-3-7-15-13(5-1)9-11-18-16-8-4-2-6-14(16)10-12-17(15)18;1-2/h1-12H;1-2H3. The van der Waals surface area contributed by atoms with Crippen LogP contribution in [-0.4, -0.2) is 0 Å². The van der Waals surface area contributed by atoms with Crippen LogP contribution >= 0.6 is 0 Å². The molecule has 0 radical (unpaired) electrons. The number of hydrogen-bond donors (Lipinski definition) is 0. The van der Waals surface area contributed by atoms with Gasteiger partial charge in [0.1, 0.15) is 0 Å². The molecule has 0 heteroatoms. The van der Waals surface area contributed by atoms with E-state index in [1.807, 2.05) is 13.8 Å². The van der Waals surface area contributed by atoms with E-state index >= 15 is 0 Å². The lowest BCUT2D eigenvalue weighted by atomic mass is 9.97. The molecule has 4 rings (SSSR count). The topological polar surface area (TPSA) is 0 Å². The van der Waals surface area contributed by atoms with Gasteiger partial charge in [-0.3, -0.25) is 0 Å². The molecule has 0 aromatic heterocycles. The largest absolute Gasteiger partial charge is 0.0683 e. The van der Waals surface area contributed by atoms with Crippen LogP contribution in [-0.2, 0) is 0 Å². The normalized spacial score (nSPS) is 10.5. The van der Waals surface area contributed by atoms with Crippen molar-refractivity contribution in [2.24, 2.45) is 0 Å². The van der Waals surface area contributed by atoms with Crippen molar-refractivity contribution >= 4 is 32.3 Å². The monoisotopic (exact) mass is 258 g/mol. The molecule has 0 amide bonds. The minimum atomic E-state index is 1.31. The quantitative estimate of drug-likeness (QED) is 0.331. The van der Waals surface area contributed by atoms with Crippen molar-refractivity contribution in [2.45, 2.75) is 13.8 Å². The number of hydrogen-bond acceptors (Lipinski definition) is 0. The summed E-state index contributed by atoms with van der Waals surface area (Å²) in [6.45, 7) is 4.00. The second-order valence-electron chi connectivity index (χ2n) is 4.67. The third-order valence-electron chi connectivity index (χ3n) is 3.65. The van der Waals surface area contributed by atoms with Gasteiger partial charge < -0.3 is 0 Å². The number of fused-ring (bicyclic) bond motifs is 5. The van der Waals surface area contributed by atoms with Gasteiger partial charge in [0, 0.05) is 0 Å². The summed E-state index contributed by atoms with van der Waals surface area (Å²) in [5, 5.41) is 7.96. The molecule has 0 unspecified atom stereocenters. The fraction of sp³-hybridized carbons (Fsp3) is 0.100. The van der Waals surface area contributed by atoms with Crippen LogP contribution in [0.15, 0.2) is 72.8 Å². The molecule has 0 atom stereocenters. The highest BCUT2D eigenvalue weighted by Gasteiger charge is 2.03. The maximum absolute atomic E-state index is 2.24. The van der Waals surface area contributed by atoms with Crippen LogP contribution < -0.4 is 0 Å². The summed E-state index contributed by atoms with van der Waals surface area (Å²) in [6, 6.07) is 26.0. The van der Waals surface area contributed by atoms with Crippen molar-refractivity contribution in [1.82, 2.24) is 0 Å². The van der Waals surface area contributed by atoms with E-state index < -0.39 is 0 Å². The van der Waals surface area contributed by atoms with Crippen LogP contribution in [0, 0.1) is 0 Å². The smallest absolute Gasteiger partial charge is 0.00990 e. The molecule has 4 aromatic rings. The third-order valence-corrected chi connectivity index (χ3v) is 3.65. The first-order valence-electron chi connectivity index (χ1n) is 7.23. The third kappa shape index (κ3) is 1.94. The van der Waals surface area contributed by atoms with Gasteiger partial charge in [-0.15, -0.1) is 0 Å². The molecule has 0 saturated carbocycles. The van der Waals surface area contributed by atoms with Crippen molar-refractivity contribution in [3.63, 3.8) is 0 Å². The molecule has 0 aliphatic rings. The lowest BCUT2D eigenvalue weighted by Crippen LogP contribution is -1.79. The number of benzene rings is 4. The summed E-state index contributed by atoms with van der Waals surface area (Å²) in [5.74, 6) is 0. The predicted molar refractivity (Wildman–Crippen MR) is 90.3 cm³/mol. The van der Waals surface area contributed by atoms with E-state index in [1.165, 1.54) is 32.3 Å². The highest BCUT2D eigenvalue weighted by atomic mass is 14.1. The van der Waals surface area contributed by atoms with Gasteiger partial charge in [0.05, 0.1) is 0 Å². The first-order valence-corrected chi connectivity index (χ1v) is 7.23. The molecule has 0 aliphatic carbocycles. The summed E-state index contributed by atoms with van der Waals surface area (Å²) < 4.78 is 0. The first-order chi connectivity index (χ1) is 9.93. The van der Waals surface area contributed by atoms with Crippen LogP contribution in [0.5, 0.6) is 0 Å². The summed E-state index contributed by atoms with van der Waals surface area (Å²) in [4.78, 5) is 0. The van der Waals surface area contributed by atoms with Crippen LogP contribution in [0.1, 0.15) is 13.8 Å². The van der Waals surface area contributed by atoms with E-state index in [0.717, 1.165) is 0 Å². The molecular weight excluding hydrogens is 240 g/mol. The average Bonchev–Trinajstić information content (AvgIpc) is 2.56. The van der Waals surface area contributed by atoms with Gasteiger partial charge in [0.15, 0.2) is 0 Å². The van der Waals surface area contributed by atoms with Crippen molar-refractivity contribution in [1.29, 1.82) is 0 Å². The second kappa shape index (κ2) is 5.34. The molecule has 4 aromatic carbocycles. The van der Waals surface area contributed by atoms with Crippen molar-refractivity contribution < 1.29 is 0 Å². The van der Waals surface area contributed by atoms with Crippen LogP contribution in [0.3, 0.4) is 0 Å². The molecule has 0 nitrogen and oxygen atoms in total. The Morgan fingerprint density at radius 1 is 0.400 bits per heavy atom. The summed E-state index contributed by atoms with van der Waals surface area (Å²) in [7, 11) is 0. The van der Waals surface area contributed by atoms with Gasteiger partial charge >= 0.3 is 0 Å². The Balaban J connectivity index is 0.000000581. The molecule has 0 fully saturated rings. The summed E-state index contributed by atoms with van der Waals surface area (Å²) in [6.07, 6.45) is 0. The Bertz CT molecular complexity index is 797. The zero-order valence-corrected chi connectivity index (χ0v) is 11.9. The molecule has 0 heterocycles. The Morgan fingerprint density at radius 3 is 1.25 bits per heavy atom. The fourth-order valence-corrected chi connectivity index (χ4v) is 2.77. The number of rotatable bonds is 0. The van der Waals surface area contributed by atoms with Gasteiger partial charge in [-0.2, -0.15) is 0 Å². The highest BCUT2D eigenvalue weighted by molar-refractivity contribution is 6.17. The van der Waals surface area contributed by atoms with Crippen LogP contribution in [0.4, 0.5) is 0 Å². The lowest BCUT2D eigenvalue weighted by molar-refractivity contribution is 1.50. The maximum atomic E-state index is 2.24. The van der Waals surface area contributed by atoms with Gasteiger partial charge in [0.2, 0.25) is 0 Å². The van der Waals surface area contributed by atoms with E-state index in [4.69, 9.17) is 0 Å². The van der Waals surface area contributed by atoms with Gasteiger partial charge in [0.25, 0.3) is 0 Å². The zero-order valence-electron chi connectivity index (χ0n) is 11.9. The average molecular weight is 258 g/mol. The van der Waals surface area contributed by atoms with Gasteiger partial charge in [-0.05, 0) is 32.3 Å². The Morgan fingerprint density at radius 2 is 0.800 bits per heavy atom. The van der Waals surface area contributed by atoms with Crippen molar-refractivity contribution in [3.8, 4) is 0 Å². The maximum Gasteiger partial charge on any atom is -0.00990 e. The van der Waals surface area contributed by atoms with Gasteiger partial charge in [-0.25, -0.2) is 0 Å². The van der Waals surface area contributed by atoms with Crippen LogP contribution in [0.2, 0.25) is 0 Å². The van der Waals surface area contributed by atoms with E-state index in [2.05, 4.69) is 72.8 Å². The van der Waals surface area contributed by atoms with Gasteiger partial charge in [-0.1, -0.05) is 86.6 Å². The second-order valence-corrected chi connectivity index (χ2v) is 4.67. The SMILES string of the molecule is CC.c1ccc2c(c1)ccc1c3ccccc3ccc21. The minimum absolute atomic E-state index is 1.31. The van der Waals surface area contributed by atoms with Crippen molar-refractivity contribution in [3.05, 3.63) is 72.8 Å². The fourth-order valence-electron chi connectivity index (χ4n) is 2.77. The summed E-state index contributed by atoms with van der Waals surface area (Å²) in [5.41, 5.74) is 0. The minimum Gasteiger partial charge on any atom is -0.0683 e. The Kier molecular flexibility index (Phi) is 3.39. The molecule has 0 N–H and O–H groups in total. The molecule has 0 spiro atoms. The van der Waals surface area contributed by atoms with E-state index in [-0.39, 0.29) is 0 Å². The molecule has 20 heavy (non-hydrogen) atoms.